The van der Waals surface area contributed by atoms with Crippen molar-refractivity contribution in [1.29, 1.82) is 0 Å². The second kappa shape index (κ2) is 6.82. The topological polar surface area (TPSA) is 59.3 Å². The molecule has 1 fully saturated rings. The van der Waals surface area contributed by atoms with Gasteiger partial charge in [0.15, 0.2) is 5.82 Å². The van der Waals surface area contributed by atoms with Crippen molar-refractivity contribution in [2.45, 2.75) is 13.1 Å². The lowest BCUT2D eigenvalue weighted by atomic mass is 10.1. The zero-order valence-corrected chi connectivity index (χ0v) is 13.5. The predicted molar refractivity (Wildman–Crippen MR) is 86.0 cm³/mol. The third-order valence-corrected chi connectivity index (χ3v) is 4.58. The molecule has 4 heterocycles. The number of hydrogen-bond acceptors (Lipinski definition) is 6. The van der Waals surface area contributed by atoms with E-state index in [1.807, 2.05) is 12.4 Å². The van der Waals surface area contributed by atoms with Crippen LogP contribution in [0.15, 0.2) is 24.8 Å². The highest BCUT2D eigenvalue weighted by Gasteiger charge is 2.26. The summed E-state index contributed by atoms with van der Waals surface area (Å²) in [6.45, 7) is 6.93. The van der Waals surface area contributed by atoms with Gasteiger partial charge < -0.3 is 14.2 Å². The highest BCUT2D eigenvalue weighted by atomic mass is 19.1. The zero-order valence-electron chi connectivity index (χ0n) is 13.5. The van der Waals surface area contributed by atoms with Crippen LogP contribution in [0.5, 0.6) is 0 Å². The van der Waals surface area contributed by atoms with Crippen molar-refractivity contribution in [3.8, 4) is 0 Å². The van der Waals surface area contributed by atoms with E-state index in [1.54, 1.807) is 0 Å². The van der Waals surface area contributed by atoms with Crippen LogP contribution < -0.4 is 4.90 Å². The Morgan fingerprint density at radius 1 is 1.12 bits per heavy atom. The van der Waals surface area contributed by atoms with Gasteiger partial charge in [-0.2, -0.15) is 0 Å². The van der Waals surface area contributed by atoms with Crippen LogP contribution in [-0.4, -0.2) is 63.8 Å². The molecule has 0 spiro atoms. The Kier molecular flexibility index (Phi) is 4.40. The fraction of sp³-hybridized carbons (Fsp3) is 0.562. The van der Waals surface area contributed by atoms with Gasteiger partial charge in [0, 0.05) is 51.0 Å². The summed E-state index contributed by atoms with van der Waals surface area (Å²) < 4.78 is 20.8. The van der Waals surface area contributed by atoms with Crippen LogP contribution in [0.3, 0.4) is 0 Å². The van der Waals surface area contributed by atoms with Gasteiger partial charge in [0.2, 0.25) is 5.95 Å². The molecule has 2 aromatic heterocycles. The van der Waals surface area contributed by atoms with Crippen LogP contribution in [0.25, 0.3) is 0 Å². The van der Waals surface area contributed by atoms with Gasteiger partial charge in [-0.05, 0) is 0 Å². The molecule has 24 heavy (non-hydrogen) atoms. The molecule has 0 unspecified atom stereocenters. The first-order valence-electron chi connectivity index (χ1n) is 8.30. The summed E-state index contributed by atoms with van der Waals surface area (Å²) in [4.78, 5) is 17.3. The van der Waals surface area contributed by atoms with Gasteiger partial charge in [-0.1, -0.05) is 0 Å². The lowest BCUT2D eigenvalue weighted by Crippen LogP contribution is -2.42. The van der Waals surface area contributed by atoms with E-state index < -0.39 is 5.82 Å². The molecule has 1 saturated heterocycles. The molecule has 0 aromatic carbocycles. The Labute approximate surface area is 140 Å². The highest BCUT2D eigenvalue weighted by molar-refractivity contribution is 5.30. The van der Waals surface area contributed by atoms with Crippen molar-refractivity contribution in [1.82, 2.24) is 24.4 Å². The minimum atomic E-state index is -0.417. The molecule has 0 saturated carbocycles. The summed E-state index contributed by atoms with van der Waals surface area (Å²) in [6, 6.07) is 0. The van der Waals surface area contributed by atoms with Crippen LogP contribution in [0.4, 0.5) is 10.3 Å². The Balaban J connectivity index is 1.54. The predicted octanol–water partition coefficient (Wildman–Crippen LogP) is 0.781. The number of fused-ring (bicyclic) bond motifs is 1. The number of anilines is 1. The van der Waals surface area contributed by atoms with Gasteiger partial charge in [-0.15, -0.1) is 0 Å². The van der Waals surface area contributed by atoms with E-state index >= 15 is 0 Å². The standard InChI is InChI=1S/C16H21FN6O/c17-14-7-19-16(20-8-14)23-11-13(9-21-3-5-24-6-4-21)10-22-2-1-18-15(22)12-23/h1-2,7-8,13H,3-6,9-12H2/t13-/m1/s1. The maximum Gasteiger partial charge on any atom is 0.225 e. The van der Waals surface area contributed by atoms with E-state index in [0.29, 0.717) is 18.4 Å². The van der Waals surface area contributed by atoms with Crippen molar-refractivity contribution in [3.63, 3.8) is 0 Å². The summed E-state index contributed by atoms with van der Waals surface area (Å²) in [5.74, 6) is 1.55. The fourth-order valence-corrected chi connectivity index (χ4v) is 3.43. The number of morpholine rings is 1. The number of halogens is 1. The second-order valence-electron chi connectivity index (χ2n) is 6.36. The maximum absolute atomic E-state index is 13.1. The molecule has 2 aliphatic heterocycles. The molecule has 8 heteroatoms. The minimum Gasteiger partial charge on any atom is -0.379 e. The van der Waals surface area contributed by atoms with Crippen molar-refractivity contribution < 1.29 is 9.13 Å². The summed E-state index contributed by atoms with van der Waals surface area (Å²) >= 11 is 0. The summed E-state index contributed by atoms with van der Waals surface area (Å²) in [7, 11) is 0. The SMILES string of the molecule is Fc1cnc(N2Cc3nccn3C[C@@H](CN3CCOCC3)C2)nc1. The molecule has 0 aliphatic carbocycles. The van der Waals surface area contributed by atoms with Crippen LogP contribution in [0, 0.1) is 11.7 Å². The highest BCUT2D eigenvalue weighted by Crippen LogP contribution is 2.20. The number of hydrogen-bond donors (Lipinski definition) is 0. The molecule has 0 radical (unpaired) electrons. The molecule has 2 aliphatic rings. The molecule has 0 N–H and O–H groups in total. The van der Waals surface area contributed by atoms with Crippen molar-refractivity contribution >= 4 is 5.95 Å². The molecule has 7 nitrogen and oxygen atoms in total. The van der Waals surface area contributed by atoms with Gasteiger partial charge in [0.1, 0.15) is 5.82 Å². The van der Waals surface area contributed by atoms with Crippen LogP contribution in [0.2, 0.25) is 0 Å². The summed E-state index contributed by atoms with van der Waals surface area (Å²) in [5, 5.41) is 0. The van der Waals surface area contributed by atoms with E-state index in [4.69, 9.17) is 4.74 Å². The lowest BCUT2D eigenvalue weighted by Gasteiger charge is -2.31. The Morgan fingerprint density at radius 2 is 1.92 bits per heavy atom. The number of imidazole rings is 1. The Hall–Kier alpha value is -2.06. The molecule has 0 bridgehead atoms. The minimum absolute atomic E-state index is 0.417. The average molecular weight is 332 g/mol. The van der Waals surface area contributed by atoms with Crippen molar-refractivity contribution in [2.75, 3.05) is 44.3 Å². The number of aromatic nitrogens is 4. The molecular weight excluding hydrogens is 311 g/mol. The number of nitrogens with zero attached hydrogens (tertiary/aromatic N) is 6. The van der Waals surface area contributed by atoms with Crippen LogP contribution in [-0.2, 0) is 17.8 Å². The van der Waals surface area contributed by atoms with Crippen molar-refractivity contribution in [2.24, 2.45) is 5.92 Å². The summed E-state index contributed by atoms with van der Waals surface area (Å²) in [6.07, 6.45) is 6.29. The van der Waals surface area contributed by atoms with E-state index in [1.165, 1.54) is 12.4 Å². The second-order valence-corrected chi connectivity index (χ2v) is 6.36. The monoisotopic (exact) mass is 332 g/mol. The fourth-order valence-electron chi connectivity index (χ4n) is 3.43. The molecular formula is C16H21FN6O. The zero-order chi connectivity index (χ0) is 16.4. The normalized spacial score (nSPS) is 22.2. The first-order valence-corrected chi connectivity index (χ1v) is 8.30. The summed E-state index contributed by atoms with van der Waals surface area (Å²) in [5.41, 5.74) is 0. The van der Waals surface area contributed by atoms with Gasteiger partial charge in [0.05, 0.1) is 32.2 Å². The first kappa shape index (κ1) is 15.5. The smallest absolute Gasteiger partial charge is 0.225 e. The number of rotatable bonds is 3. The largest absolute Gasteiger partial charge is 0.379 e. The molecule has 128 valence electrons. The van der Waals surface area contributed by atoms with Crippen LogP contribution in [0.1, 0.15) is 5.82 Å². The van der Waals surface area contributed by atoms with E-state index in [9.17, 15) is 4.39 Å². The third kappa shape index (κ3) is 3.39. The molecule has 2 aromatic rings. The van der Waals surface area contributed by atoms with Crippen molar-refractivity contribution in [3.05, 3.63) is 36.4 Å². The quantitative estimate of drug-likeness (QED) is 0.828. The van der Waals surface area contributed by atoms with Gasteiger partial charge in [0.25, 0.3) is 0 Å². The molecule has 4 rings (SSSR count). The van der Waals surface area contributed by atoms with Gasteiger partial charge >= 0.3 is 0 Å². The molecule has 0 amide bonds. The third-order valence-electron chi connectivity index (χ3n) is 4.58. The van der Waals surface area contributed by atoms with Gasteiger partial charge in [-0.25, -0.2) is 19.3 Å². The Morgan fingerprint density at radius 3 is 2.71 bits per heavy atom. The first-order chi connectivity index (χ1) is 11.8. The molecule has 1 atom stereocenters. The lowest BCUT2D eigenvalue weighted by molar-refractivity contribution is 0.0301. The number of ether oxygens (including phenoxy) is 1. The maximum atomic E-state index is 13.1. The van der Waals surface area contributed by atoms with E-state index in [2.05, 4.69) is 29.3 Å². The van der Waals surface area contributed by atoms with E-state index in [-0.39, 0.29) is 0 Å². The van der Waals surface area contributed by atoms with E-state index in [0.717, 1.165) is 51.8 Å². The van der Waals surface area contributed by atoms with Crippen LogP contribution >= 0.6 is 0 Å². The van der Waals surface area contributed by atoms with Gasteiger partial charge in [-0.3, -0.25) is 4.90 Å². The Bertz CT molecular complexity index is 669. The average Bonchev–Trinajstić information content (AvgIpc) is 2.95.